The molecule has 30 heavy (non-hydrogen) atoms. The van der Waals surface area contributed by atoms with Crippen LogP contribution in [0.2, 0.25) is 0 Å². The number of hydrogen-bond acceptors (Lipinski definition) is 5. The van der Waals surface area contributed by atoms with E-state index >= 15 is 0 Å². The first kappa shape index (κ1) is 24.6. The number of cyclic esters (lactones) is 1. The molecule has 0 fully saturated rings. The van der Waals surface area contributed by atoms with Gasteiger partial charge in [-0.15, -0.1) is 0 Å². The van der Waals surface area contributed by atoms with Gasteiger partial charge in [-0.25, -0.2) is 4.79 Å². The van der Waals surface area contributed by atoms with Crippen molar-refractivity contribution in [1.29, 1.82) is 0 Å². The van der Waals surface area contributed by atoms with Crippen molar-refractivity contribution in [2.75, 3.05) is 6.61 Å². The number of aliphatic hydroxyl groups is 3. The summed E-state index contributed by atoms with van der Waals surface area (Å²) < 4.78 is 4.59. The third-order valence-electron chi connectivity index (χ3n) is 6.43. The Morgan fingerprint density at radius 2 is 2.07 bits per heavy atom. The van der Waals surface area contributed by atoms with Crippen LogP contribution >= 0.6 is 0 Å². The molecule has 1 aliphatic carbocycles. The van der Waals surface area contributed by atoms with Gasteiger partial charge >= 0.3 is 5.97 Å². The van der Waals surface area contributed by atoms with Gasteiger partial charge in [0, 0.05) is 11.6 Å². The lowest BCUT2D eigenvalue weighted by Crippen LogP contribution is -2.20. The maximum absolute atomic E-state index is 11.1. The highest BCUT2D eigenvalue weighted by atomic mass is 16.6. The Balaban J connectivity index is 1.82. The summed E-state index contributed by atoms with van der Waals surface area (Å²) in [6.45, 7) is 9.10. The average molecular weight is 419 g/mol. The van der Waals surface area contributed by atoms with Gasteiger partial charge < -0.3 is 20.1 Å². The van der Waals surface area contributed by atoms with Crippen molar-refractivity contribution >= 4 is 5.97 Å². The normalized spacial score (nSPS) is 23.5. The first-order chi connectivity index (χ1) is 14.1. The standard InChI is InChI=1S/C25H38O5/c1-17(10-12-21-18(2)8-6-14-25(21,3)4)7-5-9-19(16-26)11-13-22(27)20-15-23(28)30-24(20)29/h7,11,15,22,24,26-27,29H,5-6,8-10,12-14,16H2,1-4H3/b17-7+,19-11+/t22-,24?/m0/s1. The summed E-state index contributed by atoms with van der Waals surface area (Å²) in [5.41, 5.74) is 5.87. The summed E-state index contributed by atoms with van der Waals surface area (Å²) in [4.78, 5) is 11.1. The van der Waals surface area contributed by atoms with Gasteiger partial charge in [-0.3, -0.25) is 0 Å². The van der Waals surface area contributed by atoms with Gasteiger partial charge in [0.1, 0.15) is 0 Å². The number of esters is 1. The maximum Gasteiger partial charge on any atom is 0.333 e. The number of allylic oxidation sites excluding steroid dienone is 4. The SMILES string of the molecule is CC1=C(CC/C(C)=C/CC/C(=C\C[C@H](O)C2=CC(=O)OC2O)CO)C(C)(C)CCC1. The van der Waals surface area contributed by atoms with Crippen LogP contribution in [-0.2, 0) is 9.53 Å². The molecule has 0 aromatic rings. The molecule has 1 heterocycles. The van der Waals surface area contributed by atoms with Gasteiger partial charge in [0.15, 0.2) is 0 Å². The minimum atomic E-state index is -1.38. The number of rotatable bonds is 10. The van der Waals surface area contributed by atoms with E-state index < -0.39 is 18.4 Å². The van der Waals surface area contributed by atoms with Crippen molar-refractivity contribution in [2.45, 2.75) is 91.5 Å². The molecule has 0 amide bonds. The molecular weight excluding hydrogens is 380 g/mol. The smallest absolute Gasteiger partial charge is 0.333 e. The second-order valence-electron chi connectivity index (χ2n) is 9.29. The van der Waals surface area contributed by atoms with Gasteiger partial charge in [-0.1, -0.05) is 42.7 Å². The Kier molecular flexibility index (Phi) is 9.08. The Morgan fingerprint density at radius 3 is 2.67 bits per heavy atom. The highest BCUT2D eigenvalue weighted by Gasteiger charge is 2.29. The molecule has 0 bridgehead atoms. The molecule has 1 aliphatic heterocycles. The molecule has 1 unspecified atom stereocenters. The molecule has 5 nitrogen and oxygen atoms in total. The second kappa shape index (κ2) is 11.1. The van der Waals surface area contributed by atoms with Crippen LogP contribution in [0.25, 0.3) is 0 Å². The molecule has 0 saturated heterocycles. The lowest BCUT2D eigenvalue weighted by atomic mass is 9.71. The number of carbonyl (C=O) groups is 1. The van der Waals surface area contributed by atoms with Crippen LogP contribution in [0.4, 0.5) is 0 Å². The lowest BCUT2D eigenvalue weighted by molar-refractivity contribution is -0.151. The van der Waals surface area contributed by atoms with Crippen molar-refractivity contribution in [3.8, 4) is 0 Å². The minimum Gasteiger partial charge on any atom is -0.429 e. The molecule has 0 aromatic carbocycles. The fraction of sp³-hybridized carbons (Fsp3) is 0.640. The first-order valence-corrected chi connectivity index (χ1v) is 11.1. The Bertz CT molecular complexity index is 739. The van der Waals surface area contributed by atoms with Gasteiger partial charge in [-0.2, -0.15) is 0 Å². The largest absolute Gasteiger partial charge is 0.429 e. The minimum absolute atomic E-state index is 0.0725. The quantitative estimate of drug-likeness (QED) is 0.359. The van der Waals surface area contributed by atoms with Crippen LogP contribution < -0.4 is 0 Å². The van der Waals surface area contributed by atoms with Crippen LogP contribution in [0.1, 0.15) is 79.1 Å². The van der Waals surface area contributed by atoms with Crippen LogP contribution in [0.5, 0.6) is 0 Å². The molecular formula is C25H38O5. The van der Waals surface area contributed by atoms with E-state index in [-0.39, 0.29) is 18.6 Å². The molecule has 168 valence electrons. The molecule has 2 atom stereocenters. The van der Waals surface area contributed by atoms with Crippen LogP contribution in [0.3, 0.4) is 0 Å². The Labute approximate surface area is 180 Å². The van der Waals surface area contributed by atoms with Crippen molar-refractivity contribution in [2.24, 2.45) is 5.41 Å². The van der Waals surface area contributed by atoms with Crippen molar-refractivity contribution in [3.63, 3.8) is 0 Å². The molecule has 2 rings (SSSR count). The monoisotopic (exact) mass is 418 g/mol. The Morgan fingerprint density at radius 1 is 1.33 bits per heavy atom. The third kappa shape index (κ3) is 6.93. The number of hydrogen-bond donors (Lipinski definition) is 3. The van der Waals surface area contributed by atoms with Crippen molar-refractivity contribution < 1.29 is 24.9 Å². The fourth-order valence-electron chi connectivity index (χ4n) is 4.50. The predicted octanol–water partition coefficient (Wildman–Crippen LogP) is 4.49. The predicted molar refractivity (Wildman–Crippen MR) is 119 cm³/mol. The van der Waals surface area contributed by atoms with Gasteiger partial charge in [0.05, 0.1) is 12.7 Å². The van der Waals surface area contributed by atoms with E-state index in [0.29, 0.717) is 11.8 Å². The van der Waals surface area contributed by atoms with E-state index in [1.807, 2.05) is 0 Å². The highest BCUT2D eigenvalue weighted by Crippen LogP contribution is 2.42. The summed E-state index contributed by atoms with van der Waals surface area (Å²) in [6.07, 6.45) is 10.5. The van der Waals surface area contributed by atoms with Crippen LogP contribution in [0.15, 0.2) is 46.1 Å². The van der Waals surface area contributed by atoms with Gasteiger partial charge in [0.25, 0.3) is 0 Å². The number of carbonyl (C=O) groups excluding carboxylic acids is 1. The van der Waals surface area contributed by atoms with E-state index in [1.54, 1.807) is 17.2 Å². The van der Waals surface area contributed by atoms with Crippen molar-refractivity contribution in [3.05, 3.63) is 46.1 Å². The van der Waals surface area contributed by atoms with E-state index in [9.17, 15) is 20.1 Å². The summed E-state index contributed by atoms with van der Waals surface area (Å²) in [6, 6.07) is 0. The summed E-state index contributed by atoms with van der Waals surface area (Å²) in [5, 5.41) is 29.3. The topological polar surface area (TPSA) is 87.0 Å². The fourth-order valence-corrected chi connectivity index (χ4v) is 4.50. The number of ether oxygens (including phenoxy) is 1. The molecule has 0 aromatic heterocycles. The van der Waals surface area contributed by atoms with E-state index in [4.69, 9.17) is 0 Å². The van der Waals surface area contributed by atoms with Gasteiger partial charge in [0.2, 0.25) is 6.29 Å². The van der Waals surface area contributed by atoms with Gasteiger partial charge in [-0.05, 0) is 76.2 Å². The number of aliphatic hydroxyl groups excluding tert-OH is 3. The molecule has 0 spiro atoms. The zero-order chi connectivity index (χ0) is 22.3. The third-order valence-corrected chi connectivity index (χ3v) is 6.43. The lowest BCUT2D eigenvalue weighted by Gasteiger charge is -2.35. The highest BCUT2D eigenvalue weighted by molar-refractivity contribution is 5.85. The summed E-state index contributed by atoms with van der Waals surface area (Å²) in [7, 11) is 0. The first-order valence-electron chi connectivity index (χ1n) is 11.1. The van der Waals surface area contributed by atoms with E-state index in [2.05, 4.69) is 38.5 Å². The zero-order valence-electron chi connectivity index (χ0n) is 18.9. The van der Waals surface area contributed by atoms with Crippen LogP contribution in [0, 0.1) is 5.41 Å². The molecule has 0 saturated carbocycles. The summed E-state index contributed by atoms with van der Waals surface area (Å²) in [5.74, 6) is -0.647. The van der Waals surface area contributed by atoms with Crippen LogP contribution in [-0.4, -0.2) is 40.3 Å². The average Bonchev–Trinajstić information content (AvgIpc) is 3.01. The molecule has 2 aliphatic rings. The summed E-state index contributed by atoms with van der Waals surface area (Å²) >= 11 is 0. The van der Waals surface area contributed by atoms with E-state index in [1.165, 1.54) is 24.8 Å². The Hall–Kier alpha value is -1.69. The zero-order valence-corrected chi connectivity index (χ0v) is 18.9. The molecule has 5 heteroatoms. The maximum atomic E-state index is 11.1. The second-order valence-corrected chi connectivity index (χ2v) is 9.29. The van der Waals surface area contributed by atoms with E-state index in [0.717, 1.165) is 30.9 Å². The molecule has 3 N–H and O–H groups in total. The van der Waals surface area contributed by atoms with Crippen molar-refractivity contribution in [1.82, 2.24) is 0 Å². The molecule has 0 radical (unpaired) electrons.